The minimum Gasteiger partial charge on any atom is -0.497 e. The summed E-state index contributed by atoms with van der Waals surface area (Å²) < 4.78 is 15.8. The average molecular weight is 417 g/mol. The largest absolute Gasteiger partial charge is 0.497 e. The number of hydrogen-bond acceptors (Lipinski definition) is 6. The minimum absolute atomic E-state index is 0.142. The van der Waals surface area contributed by atoms with Crippen molar-refractivity contribution in [3.05, 3.63) is 80.7 Å². The topological polar surface area (TPSA) is 89.5 Å². The van der Waals surface area contributed by atoms with Gasteiger partial charge in [-0.2, -0.15) is 5.26 Å². The van der Waals surface area contributed by atoms with Gasteiger partial charge in [0.2, 0.25) is 0 Å². The van der Waals surface area contributed by atoms with Gasteiger partial charge in [0.1, 0.15) is 29.6 Å². The molecule has 0 saturated heterocycles. The Labute approximate surface area is 180 Å². The fourth-order valence-corrected chi connectivity index (χ4v) is 3.36. The predicted molar refractivity (Wildman–Crippen MR) is 118 cm³/mol. The van der Waals surface area contributed by atoms with Crippen molar-refractivity contribution in [2.24, 2.45) is 0 Å². The summed E-state index contributed by atoms with van der Waals surface area (Å²) in [5, 5.41) is 10.1. The predicted octanol–water partition coefficient (Wildman–Crippen LogP) is 4.88. The van der Waals surface area contributed by atoms with Gasteiger partial charge in [0.15, 0.2) is 0 Å². The Bertz CT molecular complexity index is 1240. The minimum atomic E-state index is -0.768. The van der Waals surface area contributed by atoms with Crippen molar-refractivity contribution in [2.45, 2.75) is 33.3 Å². The maximum absolute atomic E-state index is 12.5. The number of esters is 1. The first-order chi connectivity index (χ1) is 14.8. The monoisotopic (exact) mass is 417 g/mol. The smallest absolute Gasteiger partial charge is 0.349 e. The highest BCUT2D eigenvalue weighted by Gasteiger charge is 2.15. The maximum Gasteiger partial charge on any atom is 0.349 e. The fourth-order valence-electron chi connectivity index (χ4n) is 3.36. The van der Waals surface area contributed by atoms with Crippen molar-refractivity contribution in [1.82, 2.24) is 0 Å². The summed E-state index contributed by atoms with van der Waals surface area (Å²) in [6.45, 7) is 5.97. The van der Waals surface area contributed by atoms with Crippen molar-refractivity contribution < 1.29 is 18.7 Å². The van der Waals surface area contributed by atoms with Crippen LogP contribution in [0.25, 0.3) is 17.0 Å². The Hall–Kier alpha value is -3.85. The molecule has 0 amide bonds. The normalized spacial score (nSPS) is 11.4. The van der Waals surface area contributed by atoms with Gasteiger partial charge in [-0.25, -0.2) is 9.59 Å². The number of methoxy groups -OCH3 is 1. The fraction of sp³-hybridized carbons (Fsp3) is 0.240. The molecular formula is C25H23NO5. The number of benzene rings is 2. The molecule has 158 valence electrons. The lowest BCUT2D eigenvalue weighted by Crippen LogP contribution is -2.09. The summed E-state index contributed by atoms with van der Waals surface area (Å²) in [5.41, 5.74) is 3.11. The highest BCUT2D eigenvalue weighted by molar-refractivity contribution is 5.98. The molecule has 0 aliphatic carbocycles. The van der Waals surface area contributed by atoms with Gasteiger partial charge in [-0.3, -0.25) is 0 Å². The zero-order valence-electron chi connectivity index (χ0n) is 17.9. The molecule has 1 aromatic heterocycles. The van der Waals surface area contributed by atoms with Crippen LogP contribution in [0.2, 0.25) is 0 Å². The number of ether oxygens (including phenoxy) is 2. The third-order valence-electron chi connectivity index (χ3n) is 4.96. The highest BCUT2D eigenvalue weighted by Crippen LogP contribution is 2.27. The highest BCUT2D eigenvalue weighted by atomic mass is 16.5. The number of rotatable bonds is 6. The van der Waals surface area contributed by atoms with Gasteiger partial charge >= 0.3 is 11.6 Å². The maximum atomic E-state index is 12.5. The molecular weight excluding hydrogens is 394 g/mol. The molecule has 0 unspecified atom stereocenters. The number of aryl methyl sites for hydroxylation is 1. The lowest BCUT2D eigenvalue weighted by atomic mass is 9.95. The molecule has 0 atom stereocenters. The summed E-state index contributed by atoms with van der Waals surface area (Å²) >= 11 is 0. The SMILES string of the molecule is COc1ccc(/C=C(\C#N)C(=O)OCc2cc(=O)oc3cc(C)c(C(C)C)cc23)cc1. The summed E-state index contributed by atoms with van der Waals surface area (Å²) in [4.78, 5) is 24.5. The molecule has 0 fully saturated rings. The molecule has 0 bridgehead atoms. The first kappa shape index (κ1) is 21.8. The van der Waals surface area contributed by atoms with Gasteiger partial charge < -0.3 is 13.9 Å². The summed E-state index contributed by atoms with van der Waals surface area (Å²) in [6.07, 6.45) is 1.44. The number of nitriles is 1. The van der Waals surface area contributed by atoms with E-state index in [1.807, 2.05) is 25.1 Å². The molecule has 6 heteroatoms. The molecule has 0 saturated carbocycles. The second kappa shape index (κ2) is 9.31. The standard InChI is InChI=1S/C25H23NO5/c1-15(2)21-12-22-19(11-24(27)31-23(22)9-16(21)3)14-30-25(28)18(13-26)10-17-5-7-20(29-4)8-6-17/h5-12,15H,14H2,1-4H3/b18-10+. The van der Waals surface area contributed by atoms with Crippen LogP contribution in [-0.4, -0.2) is 13.1 Å². The van der Waals surface area contributed by atoms with Crippen LogP contribution in [-0.2, 0) is 16.1 Å². The van der Waals surface area contributed by atoms with E-state index < -0.39 is 11.6 Å². The van der Waals surface area contributed by atoms with E-state index in [1.165, 1.54) is 12.1 Å². The lowest BCUT2D eigenvalue weighted by molar-refractivity contribution is -0.139. The van der Waals surface area contributed by atoms with Crippen LogP contribution in [0.1, 0.15) is 42.0 Å². The number of carbonyl (C=O) groups excluding carboxylic acids is 1. The van der Waals surface area contributed by atoms with Gasteiger partial charge in [0.25, 0.3) is 0 Å². The molecule has 0 spiro atoms. The van der Waals surface area contributed by atoms with Crippen molar-refractivity contribution in [3.63, 3.8) is 0 Å². The van der Waals surface area contributed by atoms with Gasteiger partial charge in [0, 0.05) is 17.0 Å². The molecule has 1 heterocycles. The van der Waals surface area contributed by atoms with Crippen molar-refractivity contribution in [2.75, 3.05) is 7.11 Å². The van der Waals surface area contributed by atoms with Crippen LogP contribution in [0.3, 0.4) is 0 Å². The van der Waals surface area contributed by atoms with E-state index >= 15 is 0 Å². The van der Waals surface area contributed by atoms with Gasteiger partial charge in [-0.1, -0.05) is 26.0 Å². The van der Waals surface area contributed by atoms with E-state index in [9.17, 15) is 14.9 Å². The second-order valence-electron chi connectivity index (χ2n) is 7.47. The Morgan fingerprint density at radius 1 is 1.19 bits per heavy atom. The van der Waals surface area contributed by atoms with Gasteiger partial charge in [-0.05, 0) is 59.9 Å². The molecule has 0 aliphatic heterocycles. The van der Waals surface area contributed by atoms with E-state index in [-0.39, 0.29) is 18.1 Å². The Balaban J connectivity index is 1.87. The Morgan fingerprint density at radius 3 is 2.52 bits per heavy atom. The van der Waals surface area contributed by atoms with Crippen LogP contribution >= 0.6 is 0 Å². The zero-order chi connectivity index (χ0) is 22.5. The second-order valence-corrected chi connectivity index (χ2v) is 7.47. The number of fused-ring (bicyclic) bond motifs is 1. The van der Waals surface area contributed by atoms with Crippen LogP contribution in [0.5, 0.6) is 5.75 Å². The quantitative estimate of drug-likeness (QED) is 0.246. The summed E-state index contributed by atoms with van der Waals surface area (Å²) in [6, 6.07) is 13.9. The summed E-state index contributed by atoms with van der Waals surface area (Å²) in [7, 11) is 1.56. The number of hydrogen-bond donors (Lipinski definition) is 0. The molecule has 0 aliphatic rings. The van der Waals surface area contributed by atoms with Crippen LogP contribution < -0.4 is 10.4 Å². The van der Waals surface area contributed by atoms with Crippen molar-refractivity contribution in [3.8, 4) is 11.8 Å². The van der Waals surface area contributed by atoms with Crippen LogP contribution in [0.15, 0.2) is 57.2 Å². The molecule has 31 heavy (non-hydrogen) atoms. The van der Waals surface area contributed by atoms with E-state index in [1.54, 1.807) is 31.4 Å². The van der Waals surface area contributed by atoms with E-state index in [0.717, 1.165) is 11.1 Å². The molecule has 6 nitrogen and oxygen atoms in total. The Morgan fingerprint density at radius 2 is 1.90 bits per heavy atom. The van der Waals surface area contributed by atoms with Crippen LogP contribution in [0, 0.1) is 18.3 Å². The molecule has 2 aromatic carbocycles. The zero-order valence-corrected chi connectivity index (χ0v) is 17.9. The lowest BCUT2D eigenvalue weighted by Gasteiger charge is -2.13. The first-order valence-electron chi connectivity index (χ1n) is 9.82. The molecule has 3 aromatic rings. The number of nitrogens with zero attached hydrogens (tertiary/aromatic N) is 1. The van der Waals surface area contributed by atoms with E-state index in [0.29, 0.717) is 27.8 Å². The van der Waals surface area contributed by atoms with E-state index in [2.05, 4.69) is 13.8 Å². The summed E-state index contributed by atoms with van der Waals surface area (Å²) in [5.74, 6) is 0.185. The number of carbonyl (C=O) groups is 1. The molecule has 0 radical (unpaired) electrons. The molecule has 0 N–H and O–H groups in total. The van der Waals surface area contributed by atoms with Crippen molar-refractivity contribution in [1.29, 1.82) is 5.26 Å². The first-order valence-corrected chi connectivity index (χ1v) is 9.82. The Kier molecular flexibility index (Phi) is 6.56. The van der Waals surface area contributed by atoms with Gasteiger partial charge in [-0.15, -0.1) is 0 Å². The molecule has 3 rings (SSSR count). The van der Waals surface area contributed by atoms with Gasteiger partial charge in [0.05, 0.1) is 7.11 Å². The third-order valence-corrected chi connectivity index (χ3v) is 4.96. The van der Waals surface area contributed by atoms with E-state index in [4.69, 9.17) is 13.9 Å². The average Bonchev–Trinajstić information content (AvgIpc) is 2.75. The van der Waals surface area contributed by atoms with Crippen LogP contribution in [0.4, 0.5) is 0 Å². The third kappa shape index (κ3) is 5.01. The van der Waals surface area contributed by atoms with Crippen molar-refractivity contribution >= 4 is 23.0 Å².